The zero-order chi connectivity index (χ0) is 20.5. The minimum absolute atomic E-state index is 0.289. The average Bonchev–Trinajstić information content (AvgIpc) is 3.03. The lowest BCUT2D eigenvalue weighted by Gasteiger charge is -2.10. The van der Waals surface area contributed by atoms with Gasteiger partial charge in [-0.3, -0.25) is 4.79 Å². The molecule has 0 unspecified atom stereocenters. The van der Waals surface area contributed by atoms with Gasteiger partial charge >= 0.3 is 0 Å². The maximum Gasteiger partial charge on any atom is 0.250 e. The second-order valence-corrected chi connectivity index (χ2v) is 6.77. The molecule has 146 valence electrons. The molecule has 3 aromatic heterocycles. The Labute approximate surface area is 166 Å². The second kappa shape index (κ2) is 7.31. The molecule has 0 saturated carbocycles. The fourth-order valence-corrected chi connectivity index (χ4v) is 3.30. The Morgan fingerprint density at radius 2 is 2.00 bits per heavy atom. The number of hydrogen-bond donors (Lipinski definition) is 2. The summed E-state index contributed by atoms with van der Waals surface area (Å²) in [5.74, 6) is 0.180. The van der Waals surface area contributed by atoms with Gasteiger partial charge in [-0.05, 0) is 55.3 Å². The summed E-state index contributed by atoms with van der Waals surface area (Å²) in [5.41, 5.74) is 9.64. The Balaban J connectivity index is 1.73. The van der Waals surface area contributed by atoms with Crippen molar-refractivity contribution in [2.24, 2.45) is 5.73 Å². The summed E-state index contributed by atoms with van der Waals surface area (Å²) in [6.07, 6.45) is 1.83. The molecule has 1 amide bonds. The highest BCUT2D eigenvalue weighted by Crippen LogP contribution is 2.27. The molecule has 0 atom stereocenters. The Bertz CT molecular complexity index is 1230. The van der Waals surface area contributed by atoms with E-state index < -0.39 is 5.91 Å². The Morgan fingerprint density at radius 1 is 1.17 bits per heavy atom. The third-order valence-corrected chi connectivity index (χ3v) is 4.68. The minimum Gasteiger partial charge on any atom is -0.366 e. The smallest absolute Gasteiger partial charge is 0.250 e. The normalized spacial score (nSPS) is 11.0. The van der Waals surface area contributed by atoms with Crippen molar-refractivity contribution >= 4 is 17.2 Å². The maximum absolute atomic E-state index is 13.4. The highest BCUT2D eigenvalue weighted by Gasteiger charge is 2.17. The van der Waals surface area contributed by atoms with Crippen LogP contribution in [0.3, 0.4) is 0 Å². The molecule has 4 aromatic rings. The lowest BCUT2D eigenvalue weighted by atomic mass is 10.2. The van der Waals surface area contributed by atoms with E-state index in [-0.39, 0.29) is 5.82 Å². The molecule has 0 aliphatic heterocycles. The number of nitrogens with zero attached hydrogens (tertiary/aromatic N) is 4. The summed E-state index contributed by atoms with van der Waals surface area (Å²) in [6, 6.07) is 11.7. The van der Waals surface area contributed by atoms with Gasteiger partial charge in [-0.1, -0.05) is 12.1 Å². The number of benzene rings is 1. The number of rotatable bonds is 5. The third-order valence-electron chi connectivity index (χ3n) is 4.68. The van der Waals surface area contributed by atoms with Crippen molar-refractivity contribution in [3.63, 3.8) is 0 Å². The fraction of sp³-hybridized carbons (Fsp3) is 0.143. The van der Waals surface area contributed by atoms with Gasteiger partial charge in [-0.25, -0.2) is 9.37 Å². The number of amides is 1. The van der Waals surface area contributed by atoms with E-state index in [1.165, 1.54) is 12.1 Å². The molecule has 0 fully saturated rings. The zero-order valence-corrected chi connectivity index (χ0v) is 16.0. The van der Waals surface area contributed by atoms with Gasteiger partial charge in [0.1, 0.15) is 11.5 Å². The number of aryl methyl sites for hydroxylation is 2. The van der Waals surface area contributed by atoms with Crippen LogP contribution in [0.2, 0.25) is 0 Å². The van der Waals surface area contributed by atoms with Crippen molar-refractivity contribution in [1.82, 2.24) is 19.6 Å². The molecule has 0 aliphatic carbocycles. The van der Waals surface area contributed by atoms with Crippen molar-refractivity contribution in [3.8, 4) is 11.5 Å². The van der Waals surface area contributed by atoms with Crippen LogP contribution in [0, 0.1) is 19.7 Å². The molecule has 0 aliphatic rings. The monoisotopic (exact) mass is 390 g/mol. The number of fused-ring (bicyclic) bond motifs is 1. The molecule has 3 N–H and O–H groups in total. The third kappa shape index (κ3) is 3.52. The van der Waals surface area contributed by atoms with E-state index >= 15 is 0 Å². The summed E-state index contributed by atoms with van der Waals surface area (Å²) >= 11 is 0. The van der Waals surface area contributed by atoms with Gasteiger partial charge in [-0.15, -0.1) is 10.2 Å². The molecule has 4 rings (SSSR count). The van der Waals surface area contributed by atoms with Gasteiger partial charge in [-0.2, -0.15) is 0 Å². The summed E-state index contributed by atoms with van der Waals surface area (Å²) in [7, 11) is 0. The van der Waals surface area contributed by atoms with Crippen LogP contribution in [0.4, 0.5) is 10.2 Å². The largest absolute Gasteiger partial charge is 0.366 e. The summed E-state index contributed by atoms with van der Waals surface area (Å²) in [4.78, 5) is 16.4. The van der Waals surface area contributed by atoms with Crippen molar-refractivity contribution in [1.29, 1.82) is 0 Å². The summed E-state index contributed by atoms with van der Waals surface area (Å²) in [6.45, 7) is 4.11. The molecule has 29 heavy (non-hydrogen) atoms. The van der Waals surface area contributed by atoms with E-state index in [1.54, 1.807) is 25.1 Å². The first-order valence-electron chi connectivity index (χ1n) is 9.04. The molecule has 1 aromatic carbocycles. The number of nitrogens with two attached hydrogens (primary N) is 1. The molecule has 0 saturated heterocycles. The molecule has 0 radical (unpaired) electrons. The first-order chi connectivity index (χ1) is 13.9. The van der Waals surface area contributed by atoms with Crippen LogP contribution in [0.1, 0.15) is 27.2 Å². The molecule has 7 nitrogen and oxygen atoms in total. The van der Waals surface area contributed by atoms with Gasteiger partial charge < -0.3 is 15.5 Å². The van der Waals surface area contributed by atoms with E-state index in [0.717, 1.165) is 16.8 Å². The SMILES string of the molecule is Cc1cc2c(C(N)=O)cccn2c1-c1nnc(C)c(NCc2cccc(F)c2)n1. The number of hydrogen-bond acceptors (Lipinski definition) is 5. The van der Waals surface area contributed by atoms with Gasteiger partial charge in [0, 0.05) is 12.7 Å². The van der Waals surface area contributed by atoms with Crippen molar-refractivity contribution in [3.05, 3.63) is 76.9 Å². The highest BCUT2D eigenvalue weighted by atomic mass is 19.1. The lowest BCUT2D eigenvalue weighted by Crippen LogP contribution is -2.12. The van der Waals surface area contributed by atoms with Gasteiger partial charge in [0.2, 0.25) is 5.82 Å². The highest BCUT2D eigenvalue weighted by molar-refractivity contribution is 6.00. The average molecular weight is 390 g/mol. The number of carbonyl (C=O) groups is 1. The Morgan fingerprint density at radius 3 is 2.76 bits per heavy atom. The quantitative estimate of drug-likeness (QED) is 0.545. The van der Waals surface area contributed by atoms with E-state index in [2.05, 4.69) is 20.5 Å². The van der Waals surface area contributed by atoms with Crippen LogP contribution in [-0.4, -0.2) is 25.5 Å². The van der Waals surface area contributed by atoms with Crippen molar-refractivity contribution < 1.29 is 9.18 Å². The topological polar surface area (TPSA) is 98.2 Å². The minimum atomic E-state index is -0.500. The van der Waals surface area contributed by atoms with Crippen LogP contribution in [0.5, 0.6) is 0 Å². The van der Waals surface area contributed by atoms with Crippen LogP contribution in [0.15, 0.2) is 48.7 Å². The number of carbonyl (C=O) groups excluding carboxylic acids is 1. The molecule has 8 heteroatoms. The van der Waals surface area contributed by atoms with Crippen LogP contribution >= 0.6 is 0 Å². The van der Waals surface area contributed by atoms with E-state index in [0.29, 0.717) is 35.0 Å². The fourth-order valence-electron chi connectivity index (χ4n) is 3.30. The first-order valence-corrected chi connectivity index (χ1v) is 9.04. The molecule has 0 spiro atoms. The number of aromatic nitrogens is 4. The molecular formula is C21H19FN6O. The predicted molar refractivity (Wildman–Crippen MR) is 108 cm³/mol. The van der Waals surface area contributed by atoms with Crippen LogP contribution in [0.25, 0.3) is 17.0 Å². The standard InChI is InChI=1S/C21H19FN6O/c1-12-9-17-16(19(23)29)7-4-8-28(17)18(12)21-25-20(13(2)26-27-21)24-11-14-5-3-6-15(22)10-14/h3-10H,11H2,1-2H3,(H2,23,29)(H,24,25,27). The molecule has 0 bridgehead atoms. The van der Waals surface area contributed by atoms with E-state index in [9.17, 15) is 9.18 Å². The van der Waals surface area contributed by atoms with E-state index in [1.807, 2.05) is 29.7 Å². The summed E-state index contributed by atoms with van der Waals surface area (Å²) in [5, 5.41) is 11.6. The Hall–Kier alpha value is -3.81. The first kappa shape index (κ1) is 18.5. The summed E-state index contributed by atoms with van der Waals surface area (Å²) < 4.78 is 15.2. The number of halogens is 1. The van der Waals surface area contributed by atoms with Crippen LogP contribution in [-0.2, 0) is 6.54 Å². The number of nitrogens with one attached hydrogen (secondary N) is 1. The zero-order valence-electron chi connectivity index (χ0n) is 16.0. The lowest BCUT2D eigenvalue weighted by molar-refractivity contribution is 0.100. The van der Waals surface area contributed by atoms with Gasteiger partial charge in [0.05, 0.1) is 16.8 Å². The van der Waals surface area contributed by atoms with Gasteiger partial charge in [0.15, 0.2) is 5.82 Å². The Kier molecular flexibility index (Phi) is 4.67. The van der Waals surface area contributed by atoms with Crippen LogP contribution < -0.4 is 11.1 Å². The number of pyridine rings is 1. The van der Waals surface area contributed by atoms with Crippen molar-refractivity contribution in [2.75, 3.05) is 5.32 Å². The van der Waals surface area contributed by atoms with Gasteiger partial charge in [0.25, 0.3) is 5.91 Å². The molecular weight excluding hydrogens is 371 g/mol. The van der Waals surface area contributed by atoms with E-state index in [4.69, 9.17) is 5.73 Å². The number of primary amides is 1. The maximum atomic E-state index is 13.4. The van der Waals surface area contributed by atoms with Crippen molar-refractivity contribution in [2.45, 2.75) is 20.4 Å². The molecule has 3 heterocycles. The number of anilines is 1. The predicted octanol–water partition coefficient (Wildman–Crippen LogP) is 3.26. The second-order valence-electron chi connectivity index (χ2n) is 6.77.